The molecular weight excluding hydrogens is 268 g/mol. The summed E-state index contributed by atoms with van der Waals surface area (Å²) >= 11 is 0. The highest BCUT2D eigenvalue weighted by molar-refractivity contribution is 6.05. The van der Waals surface area contributed by atoms with Crippen LogP contribution < -0.4 is 15.8 Å². The SMILES string of the molecule is COc1ccc(C(=O)Nc2cccc(C(C)=O)c2)cc1N. The molecule has 0 fully saturated rings. The minimum atomic E-state index is -0.301. The first-order valence-corrected chi connectivity index (χ1v) is 6.37. The molecule has 1 amide bonds. The minimum absolute atomic E-state index is 0.0557. The molecule has 0 saturated heterocycles. The monoisotopic (exact) mass is 284 g/mol. The lowest BCUT2D eigenvalue weighted by atomic mass is 10.1. The van der Waals surface area contributed by atoms with Crippen molar-refractivity contribution in [2.24, 2.45) is 0 Å². The van der Waals surface area contributed by atoms with E-state index in [0.717, 1.165) is 0 Å². The third-order valence-electron chi connectivity index (χ3n) is 3.02. The highest BCUT2D eigenvalue weighted by atomic mass is 16.5. The highest BCUT2D eigenvalue weighted by Gasteiger charge is 2.09. The van der Waals surface area contributed by atoms with Gasteiger partial charge in [0.2, 0.25) is 0 Å². The van der Waals surface area contributed by atoms with Gasteiger partial charge in [-0.2, -0.15) is 0 Å². The molecule has 5 nitrogen and oxygen atoms in total. The number of Topliss-reactive ketones (excluding diaryl/α,β-unsaturated/α-hetero) is 1. The van der Waals surface area contributed by atoms with Crippen molar-refractivity contribution in [1.29, 1.82) is 0 Å². The average molecular weight is 284 g/mol. The summed E-state index contributed by atoms with van der Waals surface area (Å²) in [6.45, 7) is 1.48. The van der Waals surface area contributed by atoms with Crippen LogP contribution >= 0.6 is 0 Å². The Balaban J connectivity index is 2.20. The van der Waals surface area contributed by atoms with E-state index in [1.807, 2.05) is 0 Å². The van der Waals surface area contributed by atoms with Gasteiger partial charge in [0.25, 0.3) is 5.91 Å². The lowest BCUT2D eigenvalue weighted by Crippen LogP contribution is -2.12. The van der Waals surface area contributed by atoms with Crippen molar-refractivity contribution in [1.82, 2.24) is 0 Å². The Labute approximate surface area is 122 Å². The van der Waals surface area contributed by atoms with Gasteiger partial charge in [0.1, 0.15) is 5.75 Å². The summed E-state index contributed by atoms with van der Waals surface area (Å²) < 4.78 is 5.05. The number of carbonyl (C=O) groups is 2. The molecule has 21 heavy (non-hydrogen) atoms. The van der Waals surface area contributed by atoms with Crippen molar-refractivity contribution in [2.45, 2.75) is 6.92 Å². The third kappa shape index (κ3) is 3.39. The number of carbonyl (C=O) groups excluding carboxylic acids is 2. The van der Waals surface area contributed by atoms with Crippen LogP contribution in [0.4, 0.5) is 11.4 Å². The molecule has 0 saturated carbocycles. The molecule has 0 aromatic heterocycles. The number of hydrogen-bond acceptors (Lipinski definition) is 4. The van der Waals surface area contributed by atoms with E-state index in [2.05, 4.69) is 5.32 Å². The number of nitrogens with two attached hydrogens (primary N) is 1. The molecule has 3 N–H and O–H groups in total. The summed E-state index contributed by atoms with van der Waals surface area (Å²) in [5.41, 5.74) is 7.69. The Hall–Kier alpha value is -2.82. The third-order valence-corrected chi connectivity index (χ3v) is 3.02. The number of ether oxygens (including phenoxy) is 1. The molecule has 0 radical (unpaired) electrons. The second-order valence-electron chi connectivity index (χ2n) is 4.55. The first-order chi connectivity index (χ1) is 10.0. The predicted octanol–water partition coefficient (Wildman–Crippen LogP) is 2.73. The number of benzene rings is 2. The van der Waals surface area contributed by atoms with E-state index in [1.165, 1.54) is 14.0 Å². The van der Waals surface area contributed by atoms with Crippen LogP contribution in [0.3, 0.4) is 0 Å². The fourth-order valence-corrected chi connectivity index (χ4v) is 1.89. The Bertz CT molecular complexity index is 696. The Morgan fingerprint density at radius 3 is 2.48 bits per heavy atom. The van der Waals surface area contributed by atoms with E-state index in [0.29, 0.717) is 28.3 Å². The second-order valence-corrected chi connectivity index (χ2v) is 4.55. The first-order valence-electron chi connectivity index (χ1n) is 6.37. The summed E-state index contributed by atoms with van der Waals surface area (Å²) in [5.74, 6) is 0.162. The van der Waals surface area contributed by atoms with Gasteiger partial charge in [-0.05, 0) is 37.3 Å². The minimum Gasteiger partial charge on any atom is -0.495 e. The van der Waals surface area contributed by atoms with Gasteiger partial charge in [0, 0.05) is 16.8 Å². The van der Waals surface area contributed by atoms with Gasteiger partial charge in [0.05, 0.1) is 12.8 Å². The number of rotatable bonds is 4. The quantitative estimate of drug-likeness (QED) is 0.668. The van der Waals surface area contributed by atoms with E-state index in [-0.39, 0.29) is 11.7 Å². The van der Waals surface area contributed by atoms with Crippen molar-refractivity contribution >= 4 is 23.1 Å². The lowest BCUT2D eigenvalue weighted by molar-refractivity contribution is 0.101. The fourth-order valence-electron chi connectivity index (χ4n) is 1.89. The lowest BCUT2D eigenvalue weighted by Gasteiger charge is -2.09. The molecule has 2 aromatic rings. The van der Waals surface area contributed by atoms with Gasteiger partial charge in [-0.1, -0.05) is 12.1 Å². The van der Waals surface area contributed by atoms with Crippen LogP contribution in [0, 0.1) is 0 Å². The van der Waals surface area contributed by atoms with Crippen LogP contribution in [0.1, 0.15) is 27.6 Å². The van der Waals surface area contributed by atoms with Crippen molar-refractivity contribution < 1.29 is 14.3 Å². The summed E-state index contributed by atoms with van der Waals surface area (Å²) in [6, 6.07) is 11.6. The number of anilines is 2. The van der Waals surface area contributed by atoms with Crippen molar-refractivity contribution in [3.63, 3.8) is 0 Å². The van der Waals surface area contributed by atoms with Crippen molar-refractivity contribution in [3.8, 4) is 5.75 Å². The summed E-state index contributed by atoms with van der Waals surface area (Å²) in [7, 11) is 1.51. The number of amides is 1. The maximum absolute atomic E-state index is 12.2. The normalized spacial score (nSPS) is 10.0. The van der Waals surface area contributed by atoms with Crippen LogP contribution in [0.5, 0.6) is 5.75 Å². The van der Waals surface area contributed by atoms with Gasteiger partial charge < -0.3 is 15.8 Å². The molecule has 2 rings (SSSR count). The van der Waals surface area contributed by atoms with E-state index in [9.17, 15) is 9.59 Å². The van der Waals surface area contributed by atoms with E-state index in [4.69, 9.17) is 10.5 Å². The van der Waals surface area contributed by atoms with Gasteiger partial charge in [-0.25, -0.2) is 0 Å². The van der Waals surface area contributed by atoms with Gasteiger partial charge in [0.15, 0.2) is 5.78 Å². The zero-order chi connectivity index (χ0) is 15.4. The smallest absolute Gasteiger partial charge is 0.255 e. The molecule has 0 unspecified atom stereocenters. The topological polar surface area (TPSA) is 81.4 Å². The van der Waals surface area contributed by atoms with Crippen LogP contribution in [-0.2, 0) is 0 Å². The number of ketones is 1. The van der Waals surface area contributed by atoms with Crippen LogP contribution in [0.15, 0.2) is 42.5 Å². The molecular formula is C16H16N2O3. The van der Waals surface area contributed by atoms with Crippen LogP contribution in [0.2, 0.25) is 0 Å². The summed E-state index contributed by atoms with van der Waals surface area (Å²) in [4.78, 5) is 23.5. The Morgan fingerprint density at radius 2 is 1.86 bits per heavy atom. The molecule has 0 bridgehead atoms. The Kier molecular flexibility index (Phi) is 4.23. The maximum Gasteiger partial charge on any atom is 0.255 e. The summed E-state index contributed by atoms with van der Waals surface area (Å²) in [6.07, 6.45) is 0. The van der Waals surface area contributed by atoms with Crippen LogP contribution in [0.25, 0.3) is 0 Å². The first kappa shape index (κ1) is 14.6. The van der Waals surface area contributed by atoms with Crippen molar-refractivity contribution in [3.05, 3.63) is 53.6 Å². The molecule has 0 aliphatic carbocycles. The number of nitrogen functional groups attached to an aromatic ring is 1. The van der Waals surface area contributed by atoms with Crippen LogP contribution in [-0.4, -0.2) is 18.8 Å². The largest absolute Gasteiger partial charge is 0.495 e. The Morgan fingerprint density at radius 1 is 1.10 bits per heavy atom. The molecule has 0 aliphatic heterocycles. The predicted molar refractivity (Wildman–Crippen MR) is 81.8 cm³/mol. The average Bonchev–Trinajstić information content (AvgIpc) is 2.47. The van der Waals surface area contributed by atoms with E-state index < -0.39 is 0 Å². The number of hydrogen-bond donors (Lipinski definition) is 2. The molecule has 0 heterocycles. The zero-order valence-corrected chi connectivity index (χ0v) is 11.8. The van der Waals surface area contributed by atoms with Gasteiger partial charge in [-0.3, -0.25) is 9.59 Å². The van der Waals surface area contributed by atoms with Gasteiger partial charge >= 0.3 is 0 Å². The van der Waals surface area contributed by atoms with E-state index >= 15 is 0 Å². The fraction of sp³-hybridized carbons (Fsp3) is 0.125. The highest BCUT2D eigenvalue weighted by Crippen LogP contribution is 2.22. The molecule has 0 aliphatic rings. The summed E-state index contributed by atoms with van der Waals surface area (Å²) in [5, 5.41) is 2.73. The molecule has 108 valence electrons. The second kappa shape index (κ2) is 6.09. The number of nitrogens with one attached hydrogen (secondary N) is 1. The van der Waals surface area contributed by atoms with Gasteiger partial charge in [-0.15, -0.1) is 0 Å². The maximum atomic E-state index is 12.2. The standard InChI is InChI=1S/C16H16N2O3/c1-10(19)11-4-3-5-13(8-11)18-16(20)12-6-7-15(21-2)14(17)9-12/h3-9H,17H2,1-2H3,(H,18,20). The molecule has 0 spiro atoms. The molecule has 5 heteroatoms. The number of methoxy groups -OCH3 is 1. The molecule has 0 atom stereocenters. The van der Waals surface area contributed by atoms with E-state index in [1.54, 1.807) is 42.5 Å². The molecule has 2 aromatic carbocycles. The van der Waals surface area contributed by atoms with Crippen molar-refractivity contribution in [2.75, 3.05) is 18.2 Å². The zero-order valence-electron chi connectivity index (χ0n) is 11.8.